The lowest BCUT2D eigenvalue weighted by atomic mass is 10.1. The van der Waals surface area contributed by atoms with Crippen LogP contribution in [0.1, 0.15) is 0 Å². The number of nitrogens with zero attached hydrogens (tertiary/aromatic N) is 2. The predicted molar refractivity (Wildman–Crippen MR) is 58.2 cm³/mol. The van der Waals surface area contributed by atoms with E-state index >= 15 is 0 Å². The Morgan fingerprint density at radius 1 is 1.07 bits per heavy atom. The maximum Gasteiger partial charge on any atom is 0.0955 e. The summed E-state index contributed by atoms with van der Waals surface area (Å²) in [5, 5.41) is 2.54. The molecule has 68 valence electrons. The van der Waals surface area contributed by atoms with Crippen LogP contribution in [0.15, 0.2) is 42.7 Å². The standard InChI is InChI=1S/C12H10N2/c1-14-8-13-11-7-6-9-4-2-3-5-10(9)12(11)14/h2-8H,1H3. The van der Waals surface area contributed by atoms with Crippen molar-refractivity contribution >= 4 is 21.8 Å². The molecule has 0 saturated carbocycles. The Hall–Kier alpha value is -1.83. The van der Waals surface area contributed by atoms with Gasteiger partial charge >= 0.3 is 0 Å². The summed E-state index contributed by atoms with van der Waals surface area (Å²) in [5.41, 5.74) is 2.27. The summed E-state index contributed by atoms with van der Waals surface area (Å²) in [4.78, 5) is 4.33. The van der Waals surface area contributed by atoms with Crippen molar-refractivity contribution in [1.82, 2.24) is 9.55 Å². The largest absolute Gasteiger partial charge is 0.333 e. The molecule has 2 heteroatoms. The van der Waals surface area contributed by atoms with E-state index in [1.165, 1.54) is 16.3 Å². The van der Waals surface area contributed by atoms with Crippen LogP contribution < -0.4 is 0 Å². The second kappa shape index (κ2) is 2.58. The van der Waals surface area contributed by atoms with Crippen molar-refractivity contribution in [3.63, 3.8) is 0 Å². The molecule has 3 aromatic rings. The molecule has 0 unspecified atom stereocenters. The van der Waals surface area contributed by atoms with E-state index in [0.29, 0.717) is 0 Å². The lowest BCUT2D eigenvalue weighted by Crippen LogP contribution is -1.85. The summed E-state index contributed by atoms with van der Waals surface area (Å²) in [6.07, 6.45) is 1.86. The quantitative estimate of drug-likeness (QED) is 0.522. The maximum absolute atomic E-state index is 4.33. The zero-order valence-corrected chi connectivity index (χ0v) is 7.94. The van der Waals surface area contributed by atoms with Crippen LogP contribution in [0, 0.1) is 0 Å². The van der Waals surface area contributed by atoms with E-state index in [4.69, 9.17) is 0 Å². The summed E-state index contributed by atoms with van der Waals surface area (Å²) < 4.78 is 2.07. The van der Waals surface area contributed by atoms with Gasteiger partial charge in [0.2, 0.25) is 0 Å². The van der Waals surface area contributed by atoms with Gasteiger partial charge in [-0.3, -0.25) is 0 Å². The van der Waals surface area contributed by atoms with Crippen LogP contribution in [0.2, 0.25) is 0 Å². The zero-order valence-electron chi connectivity index (χ0n) is 7.94. The predicted octanol–water partition coefficient (Wildman–Crippen LogP) is 2.73. The SMILES string of the molecule is Cn1cnc2ccc3ccccc3c21. The molecular formula is C12H10N2. The van der Waals surface area contributed by atoms with E-state index < -0.39 is 0 Å². The fourth-order valence-corrected chi connectivity index (χ4v) is 1.93. The molecule has 2 nitrogen and oxygen atoms in total. The van der Waals surface area contributed by atoms with Crippen molar-refractivity contribution in [2.75, 3.05) is 0 Å². The van der Waals surface area contributed by atoms with Gasteiger partial charge in [0.05, 0.1) is 17.4 Å². The summed E-state index contributed by atoms with van der Waals surface area (Å²) in [5.74, 6) is 0. The molecule has 0 aliphatic carbocycles. The molecule has 0 aliphatic rings. The first-order valence-electron chi connectivity index (χ1n) is 4.65. The van der Waals surface area contributed by atoms with Gasteiger partial charge in [-0.05, 0) is 11.5 Å². The number of aromatic nitrogens is 2. The van der Waals surface area contributed by atoms with Gasteiger partial charge < -0.3 is 4.57 Å². The third-order valence-corrected chi connectivity index (χ3v) is 2.60. The highest BCUT2D eigenvalue weighted by molar-refractivity contribution is 6.04. The van der Waals surface area contributed by atoms with E-state index in [1.807, 2.05) is 13.4 Å². The molecule has 0 saturated heterocycles. The number of fused-ring (bicyclic) bond motifs is 3. The van der Waals surface area contributed by atoms with E-state index in [1.54, 1.807) is 0 Å². The van der Waals surface area contributed by atoms with Crippen molar-refractivity contribution in [2.45, 2.75) is 0 Å². The molecule has 0 N–H and O–H groups in total. The first kappa shape index (κ1) is 7.56. The van der Waals surface area contributed by atoms with E-state index in [0.717, 1.165) is 5.52 Å². The third kappa shape index (κ3) is 0.880. The Morgan fingerprint density at radius 2 is 1.93 bits per heavy atom. The molecule has 0 spiro atoms. The van der Waals surface area contributed by atoms with Gasteiger partial charge in [-0.15, -0.1) is 0 Å². The topological polar surface area (TPSA) is 17.8 Å². The van der Waals surface area contributed by atoms with Crippen molar-refractivity contribution in [3.8, 4) is 0 Å². The molecule has 0 bridgehead atoms. The first-order chi connectivity index (χ1) is 6.86. The second-order valence-electron chi connectivity index (χ2n) is 3.51. The van der Waals surface area contributed by atoms with Crippen LogP contribution in [-0.4, -0.2) is 9.55 Å². The van der Waals surface area contributed by atoms with Gasteiger partial charge in [0.15, 0.2) is 0 Å². The van der Waals surface area contributed by atoms with Crippen LogP contribution in [0.25, 0.3) is 21.8 Å². The van der Waals surface area contributed by atoms with E-state index in [-0.39, 0.29) is 0 Å². The number of hydrogen-bond donors (Lipinski definition) is 0. The van der Waals surface area contributed by atoms with Crippen LogP contribution in [0.3, 0.4) is 0 Å². The highest BCUT2D eigenvalue weighted by Crippen LogP contribution is 2.23. The minimum absolute atomic E-state index is 1.06. The Kier molecular flexibility index (Phi) is 1.39. The zero-order chi connectivity index (χ0) is 9.54. The number of hydrogen-bond acceptors (Lipinski definition) is 1. The average Bonchev–Trinajstić information content (AvgIpc) is 2.61. The second-order valence-corrected chi connectivity index (χ2v) is 3.51. The molecular weight excluding hydrogens is 172 g/mol. The van der Waals surface area contributed by atoms with Gasteiger partial charge in [0.25, 0.3) is 0 Å². The number of aryl methyl sites for hydroxylation is 1. The maximum atomic E-state index is 4.33. The summed E-state index contributed by atoms with van der Waals surface area (Å²) in [6.45, 7) is 0. The Balaban J connectivity index is 2.65. The Morgan fingerprint density at radius 3 is 2.86 bits per heavy atom. The van der Waals surface area contributed by atoms with Gasteiger partial charge in [-0.2, -0.15) is 0 Å². The van der Waals surface area contributed by atoms with Crippen LogP contribution in [0.4, 0.5) is 0 Å². The summed E-state index contributed by atoms with van der Waals surface area (Å²) in [6, 6.07) is 12.6. The normalized spacial score (nSPS) is 11.2. The van der Waals surface area contributed by atoms with Crippen molar-refractivity contribution in [2.24, 2.45) is 7.05 Å². The van der Waals surface area contributed by atoms with Gasteiger partial charge in [0.1, 0.15) is 0 Å². The van der Waals surface area contributed by atoms with Crippen molar-refractivity contribution < 1.29 is 0 Å². The molecule has 0 fully saturated rings. The van der Waals surface area contributed by atoms with E-state index in [9.17, 15) is 0 Å². The van der Waals surface area contributed by atoms with Gasteiger partial charge in [0, 0.05) is 12.4 Å². The van der Waals surface area contributed by atoms with Crippen molar-refractivity contribution in [1.29, 1.82) is 0 Å². The molecule has 1 heterocycles. The van der Waals surface area contributed by atoms with Crippen LogP contribution in [0.5, 0.6) is 0 Å². The Labute approximate surface area is 81.8 Å². The average molecular weight is 182 g/mol. The lowest BCUT2D eigenvalue weighted by Gasteiger charge is -2.00. The molecule has 0 aliphatic heterocycles. The van der Waals surface area contributed by atoms with Gasteiger partial charge in [-0.25, -0.2) is 4.98 Å². The fourth-order valence-electron chi connectivity index (χ4n) is 1.93. The Bertz CT molecular complexity index is 608. The molecule has 2 aromatic carbocycles. The lowest BCUT2D eigenvalue weighted by molar-refractivity contribution is 0.951. The van der Waals surface area contributed by atoms with Crippen LogP contribution >= 0.6 is 0 Å². The van der Waals surface area contributed by atoms with Crippen LogP contribution in [-0.2, 0) is 7.05 Å². The number of imidazole rings is 1. The van der Waals surface area contributed by atoms with Gasteiger partial charge in [-0.1, -0.05) is 30.3 Å². The number of rotatable bonds is 0. The summed E-state index contributed by atoms with van der Waals surface area (Å²) >= 11 is 0. The molecule has 0 atom stereocenters. The third-order valence-electron chi connectivity index (χ3n) is 2.60. The number of benzene rings is 2. The molecule has 14 heavy (non-hydrogen) atoms. The minimum atomic E-state index is 1.06. The minimum Gasteiger partial charge on any atom is -0.333 e. The molecule has 1 aromatic heterocycles. The molecule has 3 rings (SSSR count). The smallest absolute Gasteiger partial charge is 0.0955 e. The monoisotopic (exact) mass is 182 g/mol. The molecule has 0 radical (unpaired) electrons. The fraction of sp³-hybridized carbons (Fsp3) is 0.0833. The van der Waals surface area contributed by atoms with Crippen molar-refractivity contribution in [3.05, 3.63) is 42.7 Å². The summed E-state index contributed by atoms with van der Waals surface area (Å²) in [7, 11) is 2.03. The van der Waals surface area contributed by atoms with E-state index in [2.05, 4.69) is 45.9 Å². The first-order valence-corrected chi connectivity index (χ1v) is 4.65. The highest BCUT2D eigenvalue weighted by Gasteiger charge is 2.03. The highest BCUT2D eigenvalue weighted by atomic mass is 15.0. The molecule has 0 amide bonds.